The molecule has 3 N–H and O–H groups in total. The SMILES string of the molecule is CSCC(C)NS(=O)(=O)c1ccc(N)cc1C#N. The minimum atomic E-state index is -3.68. The number of hydrogen-bond acceptors (Lipinski definition) is 5. The van der Waals surface area contributed by atoms with Crippen LogP contribution in [0.5, 0.6) is 0 Å². The molecule has 1 aromatic rings. The Labute approximate surface area is 111 Å². The summed E-state index contributed by atoms with van der Waals surface area (Å²) in [6, 6.07) is 5.81. The Morgan fingerprint density at radius 3 is 2.78 bits per heavy atom. The molecule has 0 aromatic heterocycles. The zero-order valence-electron chi connectivity index (χ0n) is 10.2. The Balaban J connectivity index is 3.10. The monoisotopic (exact) mass is 285 g/mol. The highest BCUT2D eigenvalue weighted by Crippen LogP contribution is 2.18. The van der Waals surface area contributed by atoms with Crippen LogP contribution in [-0.4, -0.2) is 26.5 Å². The zero-order valence-corrected chi connectivity index (χ0v) is 11.8. The van der Waals surface area contributed by atoms with E-state index >= 15 is 0 Å². The van der Waals surface area contributed by atoms with Crippen LogP contribution in [0.25, 0.3) is 0 Å². The van der Waals surface area contributed by atoms with Crippen LogP contribution in [0.1, 0.15) is 12.5 Å². The van der Waals surface area contributed by atoms with Gasteiger partial charge in [-0.2, -0.15) is 17.0 Å². The second kappa shape index (κ2) is 6.09. The second-order valence-electron chi connectivity index (χ2n) is 3.85. The molecule has 0 fully saturated rings. The fourth-order valence-electron chi connectivity index (χ4n) is 1.48. The van der Waals surface area contributed by atoms with E-state index in [0.717, 1.165) is 0 Å². The van der Waals surface area contributed by atoms with Crippen molar-refractivity contribution in [1.29, 1.82) is 5.26 Å². The van der Waals surface area contributed by atoms with Gasteiger partial charge in [-0.15, -0.1) is 0 Å². The summed E-state index contributed by atoms with van der Waals surface area (Å²) in [5.74, 6) is 0.663. The Morgan fingerprint density at radius 1 is 1.56 bits per heavy atom. The van der Waals surface area contributed by atoms with Crippen molar-refractivity contribution < 1.29 is 8.42 Å². The lowest BCUT2D eigenvalue weighted by molar-refractivity contribution is 0.571. The zero-order chi connectivity index (χ0) is 13.8. The number of sulfonamides is 1. The average Bonchev–Trinajstić information content (AvgIpc) is 2.27. The van der Waals surface area contributed by atoms with Crippen molar-refractivity contribution in [2.75, 3.05) is 17.7 Å². The fourth-order valence-corrected chi connectivity index (χ4v) is 3.55. The van der Waals surface area contributed by atoms with Crippen molar-refractivity contribution in [1.82, 2.24) is 4.72 Å². The van der Waals surface area contributed by atoms with Crippen LogP contribution >= 0.6 is 11.8 Å². The highest BCUT2D eigenvalue weighted by atomic mass is 32.2. The van der Waals surface area contributed by atoms with Gasteiger partial charge in [0.2, 0.25) is 10.0 Å². The third kappa shape index (κ3) is 3.63. The smallest absolute Gasteiger partial charge is 0.242 e. The first kappa shape index (κ1) is 14.8. The van der Waals surface area contributed by atoms with Crippen molar-refractivity contribution in [3.63, 3.8) is 0 Å². The third-order valence-corrected chi connectivity index (χ3v) is 4.67. The number of thioether (sulfide) groups is 1. The molecule has 0 radical (unpaired) electrons. The van der Waals surface area contributed by atoms with Crippen LogP contribution in [0.4, 0.5) is 5.69 Å². The van der Waals surface area contributed by atoms with Crippen LogP contribution in [0.15, 0.2) is 23.1 Å². The third-order valence-electron chi connectivity index (χ3n) is 2.19. The van der Waals surface area contributed by atoms with Crippen LogP contribution in [0.3, 0.4) is 0 Å². The number of nitriles is 1. The first-order valence-electron chi connectivity index (χ1n) is 5.21. The molecule has 5 nitrogen and oxygen atoms in total. The molecule has 18 heavy (non-hydrogen) atoms. The van der Waals surface area contributed by atoms with Gasteiger partial charge in [0.05, 0.1) is 10.5 Å². The van der Waals surface area contributed by atoms with Crippen molar-refractivity contribution in [3.05, 3.63) is 23.8 Å². The van der Waals surface area contributed by atoms with E-state index in [0.29, 0.717) is 11.4 Å². The molecule has 0 aliphatic rings. The van der Waals surface area contributed by atoms with Crippen LogP contribution in [0, 0.1) is 11.3 Å². The summed E-state index contributed by atoms with van der Waals surface area (Å²) in [5.41, 5.74) is 5.94. The molecule has 98 valence electrons. The van der Waals surface area contributed by atoms with Crippen molar-refractivity contribution in [3.8, 4) is 6.07 Å². The van der Waals surface area contributed by atoms with Crippen molar-refractivity contribution in [2.24, 2.45) is 0 Å². The molecule has 0 heterocycles. The molecule has 1 atom stereocenters. The first-order valence-corrected chi connectivity index (χ1v) is 8.09. The molecule has 0 bridgehead atoms. The molecule has 0 saturated heterocycles. The summed E-state index contributed by atoms with van der Waals surface area (Å²) in [4.78, 5) is -0.0350. The standard InChI is InChI=1S/C11H15N3O2S2/c1-8(7-17-2)14-18(15,16)11-4-3-10(13)5-9(11)6-12/h3-5,8,14H,7,13H2,1-2H3. The van der Waals surface area contributed by atoms with Crippen molar-refractivity contribution >= 4 is 27.5 Å². The predicted octanol–water partition coefficient (Wildman–Crippen LogP) is 1.17. The maximum atomic E-state index is 12.1. The number of nitrogens with zero attached hydrogens (tertiary/aromatic N) is 1. The lowest BCUT2D eigenvalue weighted by atomic mass is 10.2. The van der Waals surface area contributed by atoms with Gasteiger partial charge in [0.1, 0.15) is 6.07 Å². The van der Waals surface area contributed by atoms with Gasteiger partial charge in [0.25, 0.3) is 0 Å². The molecule has 1 rings (SSSR count). The van der Waals surface area contributed by atoms with Gasteiger partial charge in [-0.25, -0.2) is 13.1 Å². The van der Waals surface area contributed by atoms with Crippen LogP contribution in [0.2, 0.25) is 0 Å². The quantitative estimate of drug-likeness (QED) is 0.792. The maximum Gasteiger partial charge on any atom is 0.242 e. The lowest BCUT2D eigenvalue weighted by Crippen LogP contribution is -2.34. The molecular formula is C11H15N3O2S2. The number of hydrogen-bond donors (Lipinski definition) is 2. The molecule has 0 aliphatic carbocycles. The largest absolute Gasteiger partial charge is 0.399 e. The first-order chi connectivity index (χ1) is 8.40. The highest BCUT2D eigenvalue weighted by molar-refractivity contribution is 7.98. The van der Waals surface area contributed by atoms with E-state index in [1.54, 1.807) is 18.7 Å². The summed E-state index contributed by atoms with van der Waals surface area (Å²) in [7, 11) is -3.68. The fraction of sp³-hybridized carbons (Fsp3) is 0.364. The number of nitrogens with one attached hydrogen (secondary N) is 1. The summed E-state index contributed by atoms with van der Waals surface area (Å²) in [6.07, 6.45) is 1.90. The van der Waals surface area contributed by atoms with Crippen LogP contribution < -0.4 is 10.5 Å². The van der Waals surface area contributed by atoms with Gasteiger partial charge in [0.15, 0.2) is 0 Å². The van der Waals surface area contributed by atoms with Gasteiger partial charge < -0.3 is 5.73 Å². The lowest BCUT2D eigenvalue weighted by Gasteiger charge is -2.13. The van der Waals surface area contributed by atoms with E-state index in [1.807, 2.05) is 12.3 Å². The number of rotatable bonds is 5. The van der Waals surface area contributed by atoms with E-state index < -0.39 is 10.0 Å². The highest BCUT2D eigenvalue weighted by Gasteiger charge is 2.20. The van der Waals surface area contributed by atoms with E-state index in [9.17, 15) is 8.42 Å². The molecule has 1 aromatic carbocycles. The van der Waals surface area contributed by atoms with Gasteiger partial charge in [-0.05, 0) is 31.4 Å². The second-order valence-corrected chi connectivity index (χ2v) is 6.44. The number of benzene rings is 1. The van der Waals surface area contributed by atoms with E-state index in [-0.39, 0.29) is 16.5 Å². The maximum absolute atomic E-state index is 12.1. The predicted molar refractivity (Wildman–Crippen MR) is 73.7 cm³/mol. The number of nitrogen functional groups attached to an aromatic ring is 1. The molecule has 0 amide bonds. The van der Waals surface area contributed by atoms with E-state index in [4.69, 9.17) is 11.0 Å². The molecule has 7 heteroatoms. The Kier molecular flexibility index (Phi) is 5.02. The average molecular weight is 285 g/mol. The normalized spacial score (nSPS) is 12.9. The minimum absolute atomic E-state index is 0.0350. The molecule has 0 spiro atoms. The summed E-state index contributed by atoms with van der Waals surface area (Å²) in [5, 5.41) is 8.94. The van der Waals surface area contributed by atoms with E-state index in [1.165, 1.54) is 18.2 Å². The Morgan fingerprint density at radius 2 is 2.22 bits per heavy atom. The van der Waals surface area contributed by atoms with Gasteiger partial charge >= 0.3 is 0 Å². The molecule has 0 saturated carbocycles. The molecule has 1 unspecified atom stereocenters. The van der Waals surface area contributed by atoms with Gasteiger partial charge in [0, 0.05) is 17.5 Å². The Hall–Kier alpha value is -1.23. The van der Waals surface area contributed by atoms with Crippen molar-refractivity contribution in [2.45, 2.75) is 17.9 Å². The summed E-state index contributed by atoms with van der Waals surface area (Å²) >= 11 is 1.55. The molecule has 0 aliphatic heterocycles. The summed E-state index contributed by atoms with van der Waals surface area (Å²) in [6.45, 7) is 1.78. The van der Waals surface area contributed by atoms with Gasteiger partial charge in [-0.3, -0.25) is 0 Å². The topological polar surface area (TPSA) is 96.0 Å². The number of nitrogens with two attached hydrogens (primary N) is 1. The van der Waals surface area contributed by atoms with E-state index in [2.05, 4.69) is 4.72 Å². The minimum Gasteiger partial charge on any atom is -0.399 e. The summed E-state index contributed by atoms with van der Waals surface area (Å²) < 4.78 is 26.7. The Bertz CT molecular complexity index is 564. The number of anilines is 1. The molecular weight excluding hydrogens is 270 g/mol. The van der Waals surface area contributed by atoms with Gasteiger partial charge in [-0.1, -0.05) is 0 Å². The van der Waals surface area contributed by atoms with Crippen LogP contribution in [-0.2, 0) is 10.0 Å².